The Kier molecular flexibility index (Phi) is 39.6. The Morgan fingerprint density at radius 2 is 0.841 bits per heavy atom. The molecule has 11 rings (SSSR count). The van der Waals surface area contributed by atoms with Crippen LogP contribution in [0, 0.1) is 21.7 Å². The first-order chi connectivity index (χ1) is 58.5. The third-order valence-electron chi connectivity index (χ3n) is 24.6. The number of halogens is 2. The molecule has 4 saturated heterocycles. The number of ketones is 4. The number of esters is 4. The molecule has 4 spiro atoms. The third kappa shape index (κ3) is 27.9. The van der Waals surface area contributed by atoms with Gasteiger partial charge in [-0.3, -0.25) is 47.3 Å². The van der Waals surface area contributed by atoms with Gasteiger partial charge in [-0.1, -0.05) is 131 Å². The van der Waals surface area contributed by atoms with E-state index in [9.17, 15) is 58.2 Å². The quantitative estimate of drug-likeness (QED) is 0.0225. The number of aliphatic hydroxyl groups excluding tert-OH is 2. The van der Waals surface area contributed by atoms with Gasteiger partial charge in [0.15, 0.2) is 23.1 Å². The van der Waals surface area contributed by atoms with E-state index in [4.69, 9.17) is 18.9 Å². The van der Waals surface area contributed by atoms with Crippen molar-refractivity contribution in [3.05, 3.63) is 244 Å². The summed E-state index contributed by atoms with van der Waals surface area (Å²) in [6.45, 7) is 32.0. The molecule has 682 valence electrons. The number of carbonyl (C=O) groups is 10. The Morgan fingerprint density at radius 3 is 1.23 bits per heavy atom. The number of carbonyl (C=O) groups excluding carboxylic acids is 10. The molecule has 8 aliphatic rings. The number of nitrogens with zero attached hydrogens (tertiary/aromatic N) is 4. The fraction of sp³-hybridized carbons (Fsp3) is 0.481. The van der Waals surface area contributed by atoms with Crippen molar-refractivity contribution in [2.45, 2.75) is 254 Å². The number of likely N-dealkylation sites (tertiary alicyclic amines) is 1. The molecule has 4 fully saturated rings. The number of unbranched alkanes of at least 4 members (excludes halogenated alkanes) is 1. The van der Waals surface area contributed by atoms with Gasteiger partial charge in [0, 0.05) is 37.9 Å². The van der Waals surface area contributed by atoms with Gasteiger partial charge < -0.3 is 79.9 Å². The summed E-state index contributed by atoms with van der Waals surface area (Å²) in [5, 5.41) is 20.4. The van der Waals surface area contributed by atoms with Gasteiger partial charge in [-0.15, -0.1) is 0 Å². The average molecular weight is 1910 g/mol. The largest absolute Gasteiger partial charge is 1.00 e. The van der Waals surface area contributed by atoms with Crippen LogP contribution in [0.2, 0.25) is 0 Å². The van der Waals surface area contributed by atoms with Crippen LogP contribution in [-0.2, 0) is 57.3 Å². The summed E-state index contributed by atoms with van der Waals surface area (Å²) in [6.07, 6.45) is 37.1. The molecule has 3 aromatic carbocycles. The van der Waals surface area contributed by atoms with Crippen LogP contribution in [0.1, 0.15) is 226 Å². The van der Waals surface area contributed by atoms with E-state index in [1.165, 1.54) is 58.2 Å². The molecule has 4 unspecified atom stereocenters. The standard InChI is InChI=1S/C30H38NO5.C28H36NO5.C24H29NO3.C22H33NO3.BrH.HI/c1-7-17-31(5,6)24-13-11-23(12-14-24)29(34)35-25-15-16-26(32)30(19-25)20-28(33)36-27(30)18-22(4)10-8-9-21(2)3;1-19(2)8-7-9-20(3)16-25-28(18-26(31)34-25)17-23(14-15-24(28)30)33-27(32)21-10-12-22(13-11-21)29(4,5)6;1-17(2)8-7-9-18(3)14-21-24(15-20(26)12-13-22(24)27)16-23(28)25(21)19-10-5-4-6-11-19;1-5-6-12-23-19(13-17(4)9-7-8-16(2)3)22(15-21(23)26)14-18(24)10-11-20(22)25;;/h7,9,11-16,18,25,27H,1,8,10,17,19-20H2,2-6H3;8,10-16,23,25H,7,9,17-18H2,1-6H3;4-6,8,10-14,20-21,26H,7,9,15-16H2,1-3H3;8,10-11,13,18-19,24H,5-7,9,12,14-15H2,1-4H3;2*1H/q2*+1;;;;/p-2/b22-18+;20-16+;18-14+;17-13+;;/t25-,27-,30?;23-,25-,28?;20-,21-,24?;18-,19-,22?;;/m1111../s1. The number of hydrogen-bond donors (Lipinski definition) is 2. The van der Waals surface area contributed by atoms with E-state index < -0.39 is 82.2 Å². The van der Waals surface area contributed by atoms with Crippen LogP contribution in [0.5, 0.6) is 0 Å². The number of benzene rings is 3. The highest BCUT2D eigenvalue weighted by molar-refractivity contribution is 6.08. The SMILES string of the molecule is C=CC[N+](C)(C)c1ccc(C(=O)O[C@@H]2C=CC(=O)C3(CC(=O)O[C@@H]3/C=C(\C)CCC=C(C)C)C2)cc1.CC(C)=CCC/C(C)=C/[C@H]1N(c2ccccc2)C(=O)CC12C[C@H](O)C=CC2=O.CC(C)=CCC/C(C)=C/[C@H]1OC(=O)CC12C[C@H](OC(=O)c1ccc([N+](C)(C)C)cc1)C=CC2=O.CCCCN1C(=O)CC2(C[C@H](O)C=CC2=O)[C@H]1/C=C(\C)CCC=C(C)C.[Br-].[I-]. The zero-order valence-corrected chi connectivity index (χ0v) is 81.2. The molecule has 0 saturated carbocycles. The fourth-order valence-corrected chi connectivity index (χ4v) is 17.5. The van der Waals surface area contributed by atoms with Crippen LogP contribution in [-0.4, -0.2) is 171 Å². The number of ether oxygens (including phenoxy) is 4. The van der Waals surface area contributed by atoms with Gasteiger partial charge in [-0.2, -0.15) is 0 Å². The number of likely N-dealkylation sites (N-methyl/N-ethyl adjacent to an activating group) is 1. The molecule has 12 atom stereocenters. The lowest BCUT2D eigenvalue weighted by atomic mass is 9.69. The summed E-state index contributed by atoms with van der Waals surface area (Å²) < 4.78 is 23.9. The monoisotopic (exact) mass is 1900 g/mol. The second kappa shape index (κ2) is 47.2. The predicted molar refractivity (Wildman–Crippen MR) is 492 cm³/mol. The molecule has 0 radical (unpaired) electrons. The van der Waals surface area contributed by atoms with Gasteiger partial charge in [0.05, 0.1) is 105 Å². The van der Waals surface area contributed by atoms with Gasteiger partial charge >= 0.3 is 23.9 Å². The summed E-state index contributed by atoms with van der Waals surface area (Å²) in [5.41, 5.74) is 9.51. The van der Waals surface area contributed by atoms with Gasteiger partial charge in [-0.25, -0.2) is 9.59 Å². The zero-order valence-electron chi connectivity index (χ0n) is 77.4. The highest BCUT2D eigenvalue weighted by Crippen LogP contribution is 2.51. The van der Waals surface area contributed by atoms with Crippen LogP contribution in [0.4, 0.5) is 17.1 Å². The first kappa shape index (κ1) is 106. The minimum absolute atomic E-state index is 0. The molecule has 4 aliphatic carbocycles. The molecule has 4 heterocycles. The topological polar surface area (TPSA) is 255 Å². The molecular weight excluding hydrogens is 1770 g/mol. The van der Waals surface area contributed by atoms with Crippen LogP contribution in [0.25, 0.3) is 0 Å². The lowest BCUT2D eigenvalue weighted by molar-refractivity contribution is -0.141. The summed E-state index contributed by atoms with van der Waals surface area (Å²) in [7, 11) is 10.3. The highest BCUT2D eigenvalue weighted by Gasteiger charge is 2.60. The Morgan fingerprint density at radius 1 is 0.476 bits per heavy atom. The van der Waals surface area contributed by atoms with Crippen molar-refractivity contribution in [3.8, 4) is 0 Å². The van der Waals surface area contributed by atoms with Crippen LogP contribution in [0.15, 0.2) is 233 Å². The van der Waals surface area contributed by atoms with Gasteiger partial charge in [0.1, 0.15) is 42.3 Å². The van der Waals surface area contributed by atoms with Crippen LogP contribution >= 0.6 is 0 Å². The van der Waals surface area contributed by atoms with Crippen LogP contribution in [0.3, 0.4) is 0 Å². The second-order valence-electron chi connectivity index (χ2n) is 37.4. The van der Waals surface area contributed by atoms with Crippen molar-refractivity contribution >= 4 is 75.9 Å². The molecule has 4 aliphatic heterocycles. The number of para-hydroxylation sites is 1. The minimum atomic E-state index is -1.05. The average Bonchev–Trinajstić information content (AvgIpc) is 1.66. The lowest BCUT2D eigenvalue weighted by Crippen LogP contribution is -3.00. The van der Waals surface area contributed by atoms with E-state index in [1.807, 2.05) is 91.6 Å². The smallest absolute Gasteiger partial charge is 0.338 e. The molecular formula is C104H136BrIN4O16. The van der Waals surface area contributed by atoms with Crippen molar-refractivity contribution in [2.75, 3.05) is 53.2 Å². The molecule has 126 heavy (non-hydrogen) atoms. The Hall–Kier alpha value is -9.17. The molecule has 20 nitrogen and oxygen atoms in total. The number of allylic oxidation sites excluding steroid dienone is 16. The van der Waals surface area contributed by atoms with E-state index in [1.54, 1.807) is 47.4 Å². The van der Waals surface area contributed by atoms with Crippen molar-refractivity contribution in [1.82, 2.24) is 13.9 Å². The fourth-order valence-electron chi connectivity index (χ4n) is 17.5. The van der Waals surface area contributed by atoms with E-state index in [0.29, 0.717) is 33.1 Å². The van der Waals surface area contributed by atoms with E-state index in [-0.39, 0.29) is 133 Å². The molecule has 2 amide bonds. The Balaban J connectivity index is 0.000000260. The maximum absolute atomic E-state index is 13.0. The first-order valence-corrected chi connectivity index (χ1v) is 43.9. The summed E-state index contributed by atoms with van der Waals surface area (Å²) in [6, 6.07) is 23.5. The molecule has 22 heteroatoms. The number of hydrogen-bond acceptors (Lipinski definition) is 16. The predicted octanol–water partition coefficient (Wildman–Crippen LogP) is 12.7. The Bertz CT molecular complexity index is 4800. The van der Waals surface area contributed by atoms with E-state index in [2.05, 4.69) is 154 Å². The third-order valence-corrected chi connectivity index (χ3v) is 24.6. The highest BCUT2D eigenvalue weighted by atomic mass is 127. The van der Waals surface area contributed by atoms with Crippen molar-refractivity contribution in [2.24, 2.45) is 21.7 Å². The van der Waals surface area contributed by atoms with Gasteiger partial charge in [0.25, 0.3) is 0 Å². The number of aliphatic hydroxyl groups is 2. The zero-order chi connectivity index (χ0) is 91.2. The number of cyclic esters (lactones) is 2. The molecule has 0 aromatic heterocycles. The number of amides is 2. The maximum Gasteiger partial charge on any atom is 0.338 e. The lowest BCUT2D eigenvalue weighted by Gasteiger charge is -2.37. The van der Waals surface area contributed by atoms with Crippen molar-refractivity contribution in [3.63, 3.8) is 0 Å². The first-order valence-electron chi connectivity index (χ1n) is 43.9. The van der Waals surface area contributed by atoms with Gasteiger partial charge in [-0.05, 0) is 269 Å². The summed E-state index contributed by atoms with van der Waals surface area (Å²) in [5.74, 6) is -2.17. The van der Waals surface area contributed by atoms with Gasteiger partial charge in [0.2, 0.25) is 11.8 Å². The second-order valence-corrected chi connectivity index (χ2v) is 37.4. The molecule has 2 N–H and O–H groups in total. The summed E-state index contributed by atoms with van der Waals surface area (Å²) in [4.78, 5) is 131. The molecule has 3 aromatic rings. The maximum atomic E-state index is 13.0. The summed E-state index contributed by atoms with van der Waals surface area (Å²) >= 11 is 0. The van der Waals surface area contributed by atoms with Crippen molar-refractivity contribution in [1.29, 1.82) is 0 Å². The Labute approximate surface area is 776 Å². The molecule has 0 bridgehead atoms. The van der Waals surface area contributed by atoms with Crippen LogP contribution < -0.4 is 54.8 Å². The van der Waals surface area contributed by atoms with Crippen molar-refractivity contribution < 1.29 is 118 Å². The van der Waals surface area contributed by atoms with E-state index >= 15 is 0 Å². The number of quaternary nitrogens is 2. The number of rotatable bonds is 28. The normalized spacial score (nSPS) is 25.7. The number of anilines is 1. The minimum Gasteiger partial charge on any atom is -1.00 e. The van der Waals surface area contributed by atoms with E-state index in [0.717, 1.165) is 105 Å².